The molecule has 1 aromatic rings. The van der Waals surface area contributed by atoms with E-state index in [1.54, 1.807) is 0 Å². The number of rotatable bonds is 0. The van der Waals surface area contributed by atoms with Crippen molar-refractivity contribution >= 4 is 0 Å². The summed E-state index contributed by atoms with van der Waals surface area (Å²) < 4.78 is 5.35. The number of hydrogen-bond acceptors (Lipinski definition) is 2. The highest BCUT2D eigenvalue weighted by molar-refractivity contribution is 5.32. The van der Waals surface area contributed by atoms with E-state index in [0.29, 0.717) is 5.92 Å². The number of aromatic nitrogens is 1. The van der Waals surface area contributed by atoms with Crippen molar-refractivity contribution in [2.75, 3.05) is 6.61 Å². The zero-order valence-electron chi connectivity index (χ0n) is 5.87. The molecule has 1 aliphatic heterocycles. The fraction of sp³-hybridized carbons (Fsp3) is 0.375. The SMILES string of the molecule is C[C@@H]1COc2cccnc21. The van der Waals surface area contributed by atoms with E-state index in [4.69, 9.17) is 4.74 Å². The highest BCUT2D eigenvalue weighted by atomic mass is 16.5. The molecule has 1 aliphatic rings. The summed E-state index contributed by atoms with van der Waals surface area (Å²) in [5, 5.41) is 0. The molecular weight excluding hydrogens is 126 g/mol. The van der Waals surface area contributed by atoms with Gasteiger partial charge >= 0.3 is 0 Å². The third-order valence-corrected chi connectivity index (χ3v) is 1.76. The number of pyridine rings is 1. The maximum Gasteiger partial charge on any atom is 0.141 e. The van der Waals surface area contributed by atoms with Crippen molar-refractivity contribution < 1.29 is 4.74 Å². The van der Waals surface area contributed by atoms with Crippen molar-refractivity contribution in [3.05, 3.63) is 24.0 Å². The molecule has 2 heterocycles. The lowest BCUT2D eigenvalue weighted by Gasteiger charge is -1.95. The Morgan fingerprint density at radius 3 is 3.40 bits per heavy atom. The molecule has 0 saturated carbocycles. The maximum atomic E-state index is 5.35. The van der Waals surface area contributed by atoms with Gasteiger partial charge in [0.1, 0.15) is 5.75 Å². The van der Waals surface area contributed by atoms with Gasteiger partial charge in [0.2, 0.25) is 0 Å². The van der Waals surface area contributed by atoms with Gasteiger partial charge in [0.25, 0.3) is 0 Å². The first-order chi connectivity index (χ1) is 4.88. The predicted molar refractivity (Wildman–Crippen MR) is 38.1 cm³/mol. The quantitative estimate of drug-likeness (QED) is 0.538. The van der Waals surface area contributed by atoms with Gasteiger partial charge in [-0.3, -0.25) is 4.98 Å². The van der Waals surface area contributed by atoms with Crippen LogP contribution in [0.25, 0.3) is 0 Å². The molecule has 2 rings (SSSR count). The van der Waals surface area contributed by atoms with Gasteiger partial charge in [-0.2, -0.15) is 0 Å². The van der Waals surface area contributed by atoms with Gasteiger partial charge in [0.15, 0.2) is 0 Å². The first-order valence-corrected chi connectivity index (χ1v) is 3.45. The molecular formula is C8H9NO. The Morgan fingerprint density at radius 1 is 1.70 bits per heavy atom. The molecule has 0 amide bonds. The van der Waals surface area contributed by atoms with Crippen molar-refractivity contribution in [2.24, 2.45) is 0 Å². The summed E-state index contributed by atoms with van der Waals surface area (Å²) in [6, 6.07) is 3.86. The van der Waals surface area contributed by atoms with E-state index in [2.05, 4.69) is 11.9 Å². The second-order valence-corrected chi connectivity index (χ2v) is 2.60. The largest absolute Gasteiger partial charge is 0.491 e. The summed E-state index contributed by atoms with van der Waals surface area (Å²) in [6.07, 6.45) is 1.81. The van der Waals surface area contributed by atoms with Crippen LogP contribution in [-0.2, 0) is 0 Å². The van der Waals surface area contributed by atoms with Crippen LogP contribution in [0.1, 0.15) is 18.5 Å². The second kappa shape index (κ2) is 1.97. The molecule has 2 heteroatoms. The average molecular weight is 135 g/mol. The molecule has 0 aromatic carbocycles. The highest BCUT2D eigenvalue weighted by Crippen LogP contribution is 2.30. The fourth-order valence-corrected chi connectivity index (χ4v) is 1.19. The molecule has 0 N–H and O–H groups in total. The topological polar surface area (TPSA) is 22.1 Å². The number of nitrogens with zero attached hydrogens (tertiary/aromatic N) is 1. The second-order valence-electron chi connectivity index (χ2n) is 2.60. The Hall–Kier alpha value is -1.05. The van der Waals surface area contributed by atoms with Gasteiger partial charge in [0, 0.05) is 12.1 Å². The Labute approximate surface area is 59.9 Å². The zero-order chi connectivity index (χ0) is 6.97. The fourth-order valence-electron chi connectivity index (χ4n) is 1.19. The van der Waals surface area contributed by atoms with Crippen LogP contribution in [0, 0.1) is 0 Å². The van der Waals surface area contributed by atoms with Crippen LogP contribution >= 0.6 is 0 Å². The molecule has 0 unspecified atom stereocenters. The third-order valence-electron chi connectivity index (χ3n) is 1.76. The Morgan fingerprint density at radius 2 is 2.60 bits per heavy atom. The summed E-state index contributed by atoms with van der Waals surface area (Å²) >= 11 is 0. The van der Waals surface area contributed by atoms with Crippen LogP contribution in [0.5, 0.6) is 5.75 Å². The molecule has 1 aromatic heterocycles. The minimum atomic E-state index is 0.469. The summed E-state index contributed by atoms with van der Waals surface area (Å²) in [5.41, 5.74) is 1.10. The van der Waals surface area contributed by atoms with Crippen molar-refractivity contribution in [1.29, 1.82) is 0 Å². The van der Waals surface area contributed by atoms with Crippen molar-refractivity contribution in [1.82, 2.24) is 4.98 Å². The van der Waals surface area contributed by atoms with Crippen LogP contribution in [-0.4, -0.2) is 11.6 Å². The Kier molecular flexibility index (Phi) is 1.13. The zero-order valence-corrected chi connectivity index (χ0v) is 5.87. The standard InChI is InChI=1S/C8H9NO/c1-6-5-10-7-3-2-4-9-8(6)7/h2-4,6H,5H2,1H3/t6-/m1/s1. The molecule has 0 aliphatic carbocycles. The molecule has 0 spiro atoms. The molecule has 0 bridgehead atoms. The summed E-state index contributed by atoms with van der Waals surface area (Å²) in [7, 11) is 0. The van der Waals surface area contributed by atoms with Crippen LogP contribution in [0.2, 0.25) is 0 Å². The van der Waals surface area contributed by atoms with Gasteiger partial charge in [-0.15, -0.1) is 0 Å². The lowest BCUT2D eigenvalue weighted by Crippen LogP contribution is -1.94. The normalized spacial score (nSPS) is 21.9. The van der Waals surface area contributed by atoms with Gasteiger partial charge in [-0.25, -0.2) is 0 Å². The number of hydrogen-bond donors (Lipinski definition) is 0. The predicted octanol–water partition coefficient (Wildman–Crippen LogP) is 1.58. The first kappa shape index (κ1) is 5.71. The minimum absolute atomic E-state index is 0.469. The summed E-state index contributed by atoms with van der Waals surface area (Å²) in [4.78, 5) is 4.22. The molecule has 0 saturated heterocycles. The highest BCUT2D eigenvalue weighted by Gasteiger charge is 2.19. The van der Waals surface area contributed by atoms with E-state index < -0.39 is 0 Å². The molecule has 0 fully saturated rings. The lowest BCUT2D eigenvalue weighted by atomic mass is 10.1. The van der Waals surface area contributed by atoms with Gasteiger partial charge in [-0.05, 0) is 12.1 Å². The monoisotopic (exact) mass is 135 g/mol. The van der Waals surface area contributed by atoms with E-state index >= 15 is 0 Å². The average Bonchev–Trinajstić information content (AvgIpc) is 2.34. The van der Waals surface area contributed by atoms with E-state index in [1.165, 1.54) is 0 Å². The van der Waals surface area contributed by atoms with Crippen LogP contribution < -0.4 is 4.74 Å². The van der Waals surface area contributed by atoms with Gasteiger partial charge < -0.3 is 4.74 Å². The number of fused-ring (bicyclic) bond motifs is 1. The lowest BCUT2D eigenvalue weighted by molar-refractivity contribution is 0.337. The Bertz CT molecular complexity index is 247. The molecule has 0 radical (unpaired) electrons. The maximum absolute atomic E-state index is 5.35. The minimum Gasteiger partial charge on any atom is -0.491 e. The van der Waals surface area contributed by atoms with E-state index in [-0.39, 0.29) is 0 Å². The number of ether oxygens (including phenoxy) is 1. The van der Waals surface area contributed by atoms with Gasteiger partial charge in [0.05, 0.1) is 12.3 Å². The third kappa shape index (κ3) is 0.685. The summed E-state index contributed by atoms with van der Waals surface area (Å²) in [6.45, 7) is 2.91. The van der Waals surface area contributed by atoms with Crippen LogP contribution in [0.15, 0.2) is 18.3 Å². The van der Waals surface area contributed by atoms with E-state index in [1.807, 2.05) is 18.3 Å². The smallest absolute Gasteiger partial charge is 0.141 e. The van der Waals surface area contributed by atoms with Crippen LogP contribution in [0.4, 0.5) is 0 Å². The first-order valence-electron chi connectivity index (χ1n) is 3.45. The van der Waals surface area contributed by atoms with Crippen molar-refractivity contribution in [3.8, 4) is 5.75 Å². The summed E-state index contributed by atoms with van der Waals surface area (Å²) in [5.74, 6) is 1.42. The van der Waals surface area contributed by atoms with Gasteiger partial charge in [-0.1, -0.05) is 6.92 Å². The molecule has 10 heavy (non-hydrogen) atoms. The van der Waals surface area contributed by atoms with Crippen molar-refractivity contribution in [3.63, 3.8) is 0 Å². The Balaban J connectivity index is 2.51. The van der Waals surface area contributed by atoms with E-state index in [0.717, 1.165) is 18.1 Å². The molecule has 1 atom stereocenters. The molecule has 2 nitrogen and oxygen atoms in total. The van der Waals surface area contributed by atoms with E-state index in [9.17, 15) is 0 Å². The molecule has 52 valence electrons. The van der Waals surface area contributed by atoms with Crippen molar-refractivity contribution in [2.45, 2.75) is 12.8 Å². The van der Waals surface area contributed by atoms with Crippen LogP contribution in [0.3, 0.4) is 0 Å².